The van der Waals surface area contributed by atoms with Crippen LogP contribution in [0.25, 0.3) is 10.8 Å². The molecule has 0 saturated carbocycles. The van der Waals surface area contributed by atoms with Gasteiger partial charge in [0.2, 0.25) is 15.9 Å². The third-order valence-corrected chi connectivity index (χ3v) is 7.93. The van der Waals surface area contributed by atoms with Crippen molar-refractivity contribution in [2.75, 3.05) is 31.5 Å². The van der Waals surface area contributed by atoms with Crippen molar-refractivity contribution in [3.05, 3.63) is 53.9 Å². The summed E-state index contributed by atoms with van der Waals surface area (Å²) in [6, 6.07) is 13.4. The molecule has 8 nitrogen and oxygen atoms in total. The zero-order valence-corrected chi connectivity index (χ0v) is 18.6. The highest BCUT2D eigenvalue weighted by atomic mass is 32.2. The number of nitrogens with one attached hydrogen (secondary N) is 1. The summed E-state index contributed by atoms with van der Waals surface area (Å²) in [5, 5.41) is 8.91. The summed E-state index contributed by atoms with van der Waals surface area (Å²) in [6.45, 7) is 6.61. The average Bonchev–Trinajstić information content (AvgIpc) is 3.12. The van der Waals surface area contributed by atoms with Crippen LogP contribution in [0.2, 0.25) is 0 Å². The van der Waals surface area contributed by atoms with E-state index in [9.17, 15) is 13.2 Å². The highest BCUT2D eigenvalue weighted by Crippen LogP contribution is 2.25. The van der Waals surface area contributed by atoms with Gasteiger partial charge in [-0.15, -0.1) is 0 Å². The van der Waals surface area contributed by atoms with Crippen LogP contribution in [0.1, 0.15) is 18.4 Å². The van der Waals surface area contributed by atoms with E-state index in [1.165, 1.54) is 4.31 Å². The maximum absolute atomic E-state index is 13.0. The molecule has 9 heteroatoms. The number of benzene rings is 2. The number of amides is 1. The molecule has 1 aliphatic heterocycles. The van der Waals surface area contributed by atoms with Gasteiger partial charge in [0.05, 0.1) is 6.04 Å². The molecule has 0 aliphatic carbocycles. The number of aryl methyl sites for hydroxylation is 2. The van der Waals surface area contributed by atoms with Crippen molar-refractivity contribution in [3.63, 3.8) is 0 Å². The molecule has 1 N–H and O–H groups in total. The molecule has 0 radical (unpaired) electrons. The number of piperazine rings is 1. The first-order valence-corrected chi connectivity index (χ1v) is 11.7. The molecule has 4 rings (SSSR count). The zero-order valence-electron chi connectivity index (χ0n) is 17.8. The van der Waals surface area contributed by atoms with Crippen molar-refractivity contribution >= 4 is 32.4 Å². The highest BCUT2D eigenvalue weighted by Gasteiger charge is 2.35. The number of nitrogens with zero attached hydrogens (tertiary/aromatic N) is 3. The molecular weight excluding hydrogens is 416 g/mol. The number of carbonyl (C=O) groups excluding carboxylic acids is 1. The van der Waals surface area contributed by atoms with Gasteiger partial charge in [0.15, 0.2) is 5.76 Å². The van der Waals surface area contributed by atoms with Crippen LogP contribution in [0, 0.1) is 13.8 Å². The standard InChI is InChI=1S/C22H26N4O4S/c1-15-21(17(3)30-24-15)31(28,29)26-12-10-25(11-13-26)16(2)22(27)23-20-9-8-18-6-4-5-7-19(18)14-20/h4-9,14,16H,10-13H2,1-3H3,(H,23,27). The molecule has 1 atom stereocenters. The minimum absolute atomic E-state index is 0.114. The summed E-state index contributed by atoms with van der Waals surface area (Å²) in [6.07, 6.45) is 0. The Labute approximate surface area is 181 Å². The molecule has 1 unspecified atom stereocenters. The number of sulfonamides is 1. The first-order chi connectivity index (χ1) is 14.8. The molecule has 1 amide bonds. The van der Waals surface area contributed by atoms with E-state index in [4.69, 9.17) is 4.52 Å². The van der Waals surface area contributed by atoms with E-state index in [0.29, 0.717) is 37.6 Å². The van der Waals surface area contributed by atoms with Crippen molar-refractivity contribution in [1.29, 1.82) is 0 Å². The number of rotatable bonds is 5. The fraction of sp³-hybridized carbons (Fsp3) is 0.364. The smallest absolute Gasteiger partial charge is 0.248 e. The Morgan fingerprint density at radius 3 is 2.39 bits per heavy atom. The molecule has 1 fully saturated rings. The van der Waals surface area contributed by atoms with Crippen LogP contribution in [0.4, 0.5) is 5.69 Å². The molecule has 2 heterocycles. The number of aromatic nitrogens is 1. The first-order valence-electron chi connectivity index (χ1n) is 10.2. The van der Waals surface area contributed by atoms with Crippen molar-refractivity contribution in [2.24, 2.45) is 0 Å². The molecule has 2 aromatic carbocycles. The normalized spacial score (nSPS) is 17.0. The second kappa shape index (κ2) is 8.41. The van der Waals surface area contributed by atoms with Gasteiger partial charge in [-0.25, -0.2) is 8.42 Å². The molecule has 1 saturated heterocycles. The van der Waals surface area contributed by atoms with Crippen LogP contribution < -0.4 is 5.32 Å². The topological polar surface area (TPSA) is 95.8 Å². The Morgan fingerprint density at radius 2 is 1.74 bits per heavy atom. The van der Waals surface area contributed by atoms with Crippen LogP contribution in [0.15, 0.2) is 51.9 Å². The van der Waals surface area contributed by atoms with Gasteiger partial charge in [0.1, 0.15) is 10.6 Å². The third-order valence-electron chi connectivity index (χ3n) is 5.78. The Hall–Kier alpha value is -2.75. The molecule has 31 heavy (non-hydrogen) atoms. The highest BCUT2D eigenvalue weighted by molar-refractivity contribution is 7.89. The van der Waals surface area contributed by atoms with E-state index in [-0.39, 0.29) is 16.8 Å². The molecular formula is C22H26N4O4S. The Bertz CT molecular complexity index is 1190. The van der Waals surface area contributed by atoms with Gasteiger partial charge in [-0.05, 0) is 43.7 Å². The van der Waals surface area contributed by atoms with E-state index in [1.54, 1.807) is 13.8 Å². The van der Waals surface area contributed by atoms with Crippen molar-refractivity contribution in [3.8, 4) is 0 Å². The molecule has 1 aromatic heterocycles. The van der Waals surface area contributed by atoms with E-state index in [1.807, 2.05) is 54.3 Å². The van der Waals surface area contributed by atoms with E-state index >= 15 is 0 Å². The van der Waals surface area contributed by atoms with Gasteiger partial charge < -0.3 is 9.84 Å². The van der Waals surface area contributed by atoms with Crippen LogP contribution >= 0.6 is 0 Å². The molecule has 1 aliphatic rings. The van der Waals surface area contributed by atoms with Crippen molar-refractivity contribution < 1.29 is 17.7 Å². The summed E-state index contributed by atoms with van der Waals surface area (Å²) in [5.74, 6) is 0.181. The van der Waals surface area contributed by atoms with Crippen molar-refractivity contribution in [1.82, 2.24) is 14.4 Å². The molecule has 3 aromatic rings. The van der Waals surface area contributed by atoms with E-state index < -0.39 is 10.0 Å². The maximum atomic E-state index is 13.0. The van der Waals surface area contributed by atoms with Gasteiger partial charge in [-0.1, -0.05) is 35.5 Å². The zero-order chi connectivity index (χ0) is 22.2. The number of carbonyl (C=O) groups is 1. The number of hydrogen-bond donors (Lipinski definition) is 1. The second-order valence-electron chi connectivity index (χ2n) is 7.82. The minimum Gasteiger partial charge on any atom is -0.360 e. The summed E-state index contributed by atoms with van der Waals surface area (Å²) >= 11 is 0. The number of fused-ring (bicyclic) bond motifs is 1. The second-order valence-corrected chi connectivity index (χ2v) is 9.70. The predicted octanol–water partition coefficient (Wildman–Crippen LogP) is 2.78. The van der Waals surface area contributed by atoms with Crippen molar-refractivity contribution in [2.45, 2.75) is 31.7 Å². The summed E-state index contributed by atoms with van der Waals surface area (Å²) < 4.78 is 32.4. The SMILES string of the molecule is Cc1noc(C)c1S(=O)(=O)N1CCN(C(C)C(=O)Nc2ccc3ccccc3c2)CC1. The van der Waals surface area contributed by atoms with Crippen LogP contribution in [0.5, 0.6) is 0 Å². The lowest BCUT2D eigenvalue weighted by atomic mass is 10.1. The number of anilines is 1. The number of hydrogen-bond acceptors (Lipinski definition) is 6. The van der Waals surface area contributed by atoms with Gasteiger partial charge in [-0.2, -0.15) is 4.31 Å². The van der Waals surface area contributed by atoms with E-state index in [0.717, 1.165) is 16.5 Å². The monoisotopic (exact) mass is 442 g/mol. The minimum atomic E-state index is -3.67. The molecule has 0 bridgehead atoms. The summed E-state index contributed by atoms with van der Waals surface area (Å²) in [4.78, 5) is 14.9. The maximum Gasteiger partial charge on any atom is 0.248 e. The fourth-order valence-electron chi connectivity index (χ4n) is 3.98. The molecule has 164 valence electrons. The van der Waals surface area contributed by atoms with Crippen LogP contribution in [0.3, 0.4) is 0 Å². The van der Waals surface area contributed by atoms with E-state index in [2.05, 4.69) is 10.5 Å². The van der Waals surface area contributed by atoms with Gasteiger partial charge in [0, 0.05) is 31.9 Å². The summed E-state index contributed by atoms with van der Waals surface area (Å²) in [7, 11) is -3.67. The fourth-order valence-corrected chi connectivity index (χ4v) is 5.70. The van der Waals surface area contributed by atoms with Crippen LogP contribution in [-0.2, 0) is 14.8 Å². The Kier molecular flexibility index (Phi) is 5.83. The van der Waals surface area contributed by atoms with Gasteiger partial charge in [-0.3, -0.25) is 9.69 Å². The largest absolute Gasteiger partial charge is 0.360 e. The molecule has 0 spiro atoms. The first kappa shape index (κ1) is 21.5. The Morgan fingerprint density at radius 1 is 1.06 bits per heavy atom. The lowest BCUT2D eigenvalue weighted by Crippen LogP contribution is -2.54. The van der Waals surface area contributed by atoms with Gasteiger partial charge in [0.25, 0.3) is 0 Å². The lowest BCUT2D eigenvalue weighted by Gasteiger charge is -2.36. The average molecular weight is 443 g/mol. The quantitative estimate of drug-likeness (QED) is 0.653. The summed E-state index contributed by atoms with van der Waals surface area (Å²) in [5.41, 5.74) is 1.11. The Balaban J connectivity index is 1.39. The van der Waals surface area contributed by atoms with Gasteiger partial charge >= 0.3 is 0 Å². The van der Waals surface area contributed by atoms with Crippen LogP contribution in [-0.4, -0.2) is 60.9 Å². The lowest BCUT2D eigenvalue weighted by molar-refractivity contribution is -0.121. The predicted molar refractivity (Wildman–Crippen MR) is 118 cm³/mol. The third kappa shape index (κ3) is 4.21.